The Balaban J connectivity index is 3.33. The number of rotatable bonds is 3. The average Bonchev–Trinajstić information content (AvgIpc) is 2.42. The number of hydrogen-bond donors (Lipinski definition) is 0. The van der Waals surface area contributed by atoms with Gasteiger partial charge in [-0.15, -0.1) is 0 Å². The molecule has 0 atom stereocenters. The van der Waals surface area contributed by atoms with Crippen LogP contribution in [0.15, 0.2) is 0 Å². The standard InChI is InChI=1S/C6H9Cl4N3P2/c1-12(2)6-11-4(14(7)8)5(13(6)3)15(9)10/h1-3H3. The minimum atomic E-state index is -1.34. The zero-order valence-electron chi connectivity index (χ0n) is 8.25. The molecular weight excluding hydrogens is 318 g/mol. The van der Waals surface area contributed by atoms with Gasteiger partial charge in [0.15, 0.2) is 0 Å². The lowest BCUT2D eigenvalue weighted by Gasteiger charge is -2.12. The molecule has 9 heteroatoms. The molecule has 0 N–H and O–H groups in total. The highest BCUT2D eigenvalue weighted by Gasteiger charge is 2.25. The number of nitrogens with zero attached hydrogens (tertiary/aromatic N) is 3. The third-order valence-corrected chi connectivity index (χ3v) is 5.31. The van der Waals surface area contributed by atoms with Gasteiger partial charge in [0.05, 0.1) is 0 Å². The summed E-state index contributed by atoms with van der Waals surface area (Å²) in [6, 6.07) is 0. The van der Waals surface area contributed by atoms with Crippen LogP contribution < -0.4 is 15.8 Å². The maximum Gasteiger partial charge on any atom is 0.205 e. The average molecular weight is 327 g/mol. The molecule has 1 heterocycles. The van der Waals surface area contributed by atoms with Crippen molar-refractivity contribution >= 4 is 75.0 Å². The molecule has 0 aliphatic rings. The molecular formula is C6H9Cl4N3P2. The van der Waals surface area contributed by atoms with Crippen molar-refractivity contribution in [2.75, 3.05) is 19.0 Å². The highest BCUT2D eigenvalue weighted by Crippen LogP contribution is 2.51. The van der Waals surface area contributed by atoms with Crippen LogP contribution in [0.1, 0.15) is 0 Å². The molecule has 0 unspecified atom stereocenters. The first-order valence-corrected chi connectivity index (χ1v) is 10.1. The Morgan fingerprint density at radius 3 is 1.93 bits per heavy atom. The first-order valence-electron chi connectivity index (χ1n) is 3.83. The van der Waals surface area contributed by atoms with Crippen LogP contribution in [0.5, 0.6) is 0 Å². The van der Waals surface area contributed by atoms with E-state index in [1.54, 1.807) is 0 Å². The second-order valence-electron chi connectivity index (χ2n) is 2.98. The van der Waals surface area contributed by atoms with Crippen molar-refractivity contribution in [2.45, 2.75) is 0 Å². The van der Waals surface area contributed by atoms with Crippen LogP contribution in [-0.4, -0.2) is 23.6 Å². The molecule has 0 aliphatic carbocycles. The number of halogens is 4. The molecule has 3 nitrogen and oxygen atoms in total. The van der Waals surface area contributed by atoms with Crippen molar-refractivity contribution < 1.29 is 0 Å². The van der Waals surface area contributed by atoms with Gasteiger partial charge in [-0.25, -0.2) is 4.98 Å². The highest BCUT2D eigenvalue weighted by atomic mass is 35.9. The Labute approximate surface area is 110 Å². The van der Waals surface area contributed by atoms with Crippen molar-refractivity contribution in [3.8, 4) is 0 Å². The molecule has 0 aliphatic heterocycles. The van der Waals surface area contributed by atoms with Gasteiger partial charge in [0.25, 0.3) is 0 Å². The Kier molecular flexibility index (Phi) is 5.24. The predicted molar refractivity (Wildman–Crippen MR) is 74.1 cm³/mol. The van der Waals surface area contributed by atoms with E-state index in [4.69, 9.17) is 45.0 Å². The summed E-state index contributed by atoms with van der Waals surface area (Å²) in [5, 5.41) is 0. The van der Waals surface area contributed by atoms with Crippen molar-refractivity contribution in [1.29, 1.82) is 0 Å². The largest absolute Gasteiger partial charge is 0.348 e. The maximum atomic E-state index is 5.92. The van der Waals surface area contributed by atoms with Gasteiger partial charge >= 0.3 is 0 Å². The molecule has 0 aromatic carbocycles. The Morgan fingerprint density at radius 2 is 1.67 bits per heavy atom. The monoisotopic (exact) mass is 325 g/mol. The second kappa shape index (κ2) is 5.58. The SMILES string of the molecule is CN(C)c1nc(P(Cl)Cl)c(P(Cl)Cl)n1C. The molecule has 0 spiro atoms. The van der Waals surface area contributed by atoms with E-state index in [-0.39, 0.29) is 0 Å². The predicted octanol–water partition coefficient (Wildman–Crippen LogP) is 3.32. The number of anilines is 1. The van der Waals surface area contributed by atoms with Crippen LogP contribution in [0, 0.1) is 0 Å². The third kappa shape index (κ3) is 3.03. The van der Waals surface area contributed by atoms with E-state index < -0.39 is 13.3 Å². The summed E-state index contributed by atoms with van der Waals surface area (Å²) in [7, 11) is 5.60. The maximum absolute atomic E-state index is 5.92. The first kappa shape index (κ1) is 14.1. The minimum absolute atomic E-state index is 0.593. The van der Waals surface area contributed by atoms with Crippen LogP contribution in [0.3, 0.4) is 0 Å². The lowest BCUT2D eigenvalue weighted by atomic mass is 10.8. The summed E-state index contributed by atoms with van der Waals surface area (Å²) < 4.78 is 1.82. The van der Waals surface area contributed by atoms with Crippen LogP contribution in [0.4, 0.5) is 5.95 Å². The van der Waals surface area contributed by atoms with E-state index in [2.05, 4.69) is 4.98 Å². The third-order valence-electron chi connectivity index (χ3n) is 1.74. The fraction of sp³-hybridized carbons (Fsp3) is 0.500. The van der Waals surface area contributed by atoms with E-state index in [0.717, 1.165) is 5.95 Å². The van der Waals surface area contributed by atoms with E-state index >= 15 is 0 Å². The molecule has 0 amide bonds. The number of hydrogen-bond acceptors (Lipinski definition) is 2. The fourth-order valence-electron chi connectivity index (χ4n) is 1.17. The van der Waals surface area contributed by atoms with Crippen molar-refractivity contribution in [3.63, 3.8) is 0 Å². The van der Waals surface area contributed by atoms with E-state index in [0.29, 0.717) is 10.9 Å². The zero-order chi connectivity index (χ0) is 11.7. The van der Waals surface area contributed by atoms with Gasteiger partial charge in [0.1, 0.15) is 24.1 Å². The molecule has 1 rings (SSSR count). The minimum Gasteiger partial charge on any atom is -0.348 e. The van der Waals surface area contributed by atoms with Crippen LogP contribution >= 0.6 is 58.2 Å². The Bertz CT molecular complexity index is 352. The smallest absolute Gasteiger partial charge is 0.205 e. The summed E-state index contributed by atoms with van der Waals surface area (Å²) in [6.45, 7) is -2.64. The summed E-state index contributed by atoms with van der Waals surface area (Å²) in [5.41, 5.74) is 1.31. The lowest BCUT2D eigenvalue weighted by Crippen LogP contribution is -2.22. The molecule has 86 valence electrons. The summed E-state index contributed by atoms with van der Waals surface area (Å²) >= 11 is 23.6. The van der Waals surface area contributed by atoms with Gasteiger partial charge < -0.3 is 9.47 Å². The Morgan fingerprint density at radius 1 is 1.13 bits per heavy atom. The molecule has 0 bridgehead atoms. The number of imidazole rings is 1. The number of aromatic nitrogens is 2. The summed E-state index contributed by atoms with van der Waals surface area (Å²) in [4.78, 5) is 6.18. The van der Waals surface area contributed by atoms with Gasteiger partial charge in [-0.05, 0) is 0 Å². The van der Waals surface area contributed by atoms with Crippen LogP contribution in [0.2, 0.25) is 0 Å². The summed E-state index contributed by atoms with van der Waals surface area (Å²) in [5.74, 6) is 0.739. The van der Waals surface area contributed by atoms with Gasteiger partial charge in [-0.1, -0.05) is 45.0 Å². The van der Waals surface area contributed by atoms with Crippen LogP contribution in [0.25, 0.3) is 0 Å². The molecule has 0 radical (unpaired) electrons. The molecule has 1 aromatic rings. The van der Waals surface area contributed by atoms with Crippen molar-refractivity contribution in [1.82, 2.24) is 9.55 Å². The van der Waals surface area contributed by atoms with Crippen LogP contribution in [-0.2, 0) is 7.05 Å². The van der Waals surface area contributed by atoms with Gasteiger partial charge in [0, 0.05) is 21.1 Å². The zero-order valence-corrected chi connectivity index (χ0v) is 13.1. The molecule has 0 fully saturated rings. The van der Waals surface area contributed by atoms with E-state index in [1.165, 1.54) is 0 Å². The highest BCUT2D eigenvalue weighted by molar-refractivity contribution is 8.12. The molecule has 1 aromatic heterocycles. The van der Waals surface area contributed by atoms with Gasteiger partial charge in [-0.3, -0.25) is 0 Å². The van der Waals surface area contributed by atoms with Gasteiger partial charge in [-0.2, -0.15) is 0 Å². The quantitative estimate of drug-likeness (QED) is 0.795. The normalized spacial score (nSPS) is 11.5. The summed E-state index contributed by atoms with van der Waals surface area (Å²) in [6.07, 6.45) is 0. The molecule has 15 heavy (non-hydrogen) atoms. The van der Waals surface area contributed by atoms with Crippen molar-refractivity contribution in [2.24, 2.45) is 7.05 Å². The fourth-order valence-corrected chi connectivity index (χ4v) is 5.33. The topological polar surface area (TPSA) is 21.1 Å². The van der Waals surface area contributed by atoms with E-state index in [9.17, 15) is 0 Å². The molecule has 0 saturated carbocycles. The second-order valence-corrected chi connectivity index (χ2v) is 9.85. The van der Waals surface area contributed by atoms with E-state index in [1.807, 2.05) is 30.6 Å². The molecule has 0 saturated heterocycles. The van der Waals surface area contributed by atoms with Crippen molar-refractivity contribution in [3.05, 3.63) is 0 Å². The van der Waals surface area contributed by atoms with Gasteiger partial charge in [0.2, 0.25) is 5.95 Å². The Hall–Kier alpha value is 1.03. The first-order chi connectivity index (χ1) is 6.86. The lowest BCUT2D eigenvalue weighted by molar-refractivity contribution is 0.885.